The SMILES string of the molecule is CC[N+]1=C(C=C(C)C)c2cccc3c(S(=O)(=O)O)ccc1c23. The fourth-order valence-electron chi connectivity index (χ4n) is 3.07. The molecule has 0 aromatic heterocycles. The molecule has 22 heavy (non-hydrogen) atoms. The predicted octanol–water partition coefficient (Wildman–Crippen LogP) is 3.52. The topological polar surface area (TPSA) is 57.4 Å². The summed E-state index contributed by atoms with van der Waals surface area (Å²) in [5.41, 5.74) is 4.22. The van der Waals surface area contributed by atoms with Gasteiger partial charge in [-0.25, -0.2) is 0 Å². The highest BCUT2D eigenvalue weighted by Crippen LogP contribution is 2.38. The molecular formula is C17H18NO3S+. The Morgan fingerprint density at radius 3 is 2.55 bits per heavy atom. The third-order valence-electron chi connectivity index (χ3n) is 3.86. The second-order valence-corrected chi connectivity index (χ2v) is 7.03. The van der Waals surface area contributed by atoms with Gasteiger partial charge in [-0.1, -0.05) is 17.7 Å². The van der Waals surface area contributed by atoms with E-state index in [1.165, 1.54) is 11.6 Å². The van der Waals surface area contributed by atoms with E-state index < -0.39 is 10.1 Å². The lowest BCUT2D eigenvalue weighted by atomic mass is 10.0. The van der Waals surface area contributed by atoms with E-state index in [-0.39, 0.29) is 4.90 Å². The molecule has 1 heterocycles. The molecule has 0 saturated heterocycles. The molecule has 0 spiro atoms. The lowest BCUT2D eigenvalue weighted by molar-refractivity contribution is -0.430. The van der Waals surface area contributed by atoms with Crippen molar-refractivity contribution in [1.82, 2.24) is 0 Å². The zero-order valence-corrected chi connectivity index (χ0v) is 13.6. The summed E-state index contributed by atoms with van der Waals surface area (Å²) in [6.45, 7) is 6.92. The van der Waals surface area contributed by atoms with E-state index in [1.807, 2.05) is 26.0 Å². The molecule has 5 heteroatoms. The Balaban J connectivity index is 2.45. The van der Waals surface area contributed by atoms with Gasteiger partial charge in [0.2, 0.25) is 11.4 Å². The molecule has 114 valence electrons. The van der Waals surface area contributed by atoms with Gasteiger partial charge in [0, 0.05) is 17.5 Å². The Bertz CT molecular complexity index is 949. The molecule has 0 unspecified atom stereocenters. The monoisotopic (exact) mass is 316 g/mol. The molecule has 2 aromatic rings. The Hall–Kier alpha value is -1.98. The summed E-state index contributed by atoms with van der Waals surface area (Å²) in [4.78, 5) is -0.0393. The van der Waals surface area contributed by atoms with Gasteiger partial charge in [0.05, 0.1) is 10.9 Å². The van der Waals surface area contributed by atoms with Crippen molar-refractivity contribution in [3.05, 3.63) is 47.5 Å². The molecule has 0 saturated carbocycles. The quantitative estimate of drug-likeness (QED) is 0.696. The van der Waals surface area contributed by atoms with Crippen LogP contribution in [0.2, 0.25) is 0 Å². The van der Waals surface area contributed by atoms with Crippen LogP contribution in [0.3, 0.4) is 0 Å². The first-order valence-corrected chi connectivity index (χ1v) is 8.61. The molecule has 0 fully saturated rings. The number of benzene rings is 2. The van der Waals surface area contributed by atoms with Crippen LogP contribution >= 0.6 is 0 Å². The minimum atomic E-state index is -4.24. The lowest BCUT2D eigenvalue weighted by Crippen LogP contribution is -2.11. The summed E-state index contributed by atoms with van der Waals surface area (Å²) in [6.07, 6.45) is 2.10. The number of rotatable bonds is 3. The van der Waals surface area contributed by atoms with Crippen LogP contribution in [0.1, 0.15) is 26.3 Å². The normalized spacial score (nSPS) is 13.8. The Labute approximate surface area is 130 Å². The van der Waals surface area contributed by atoms with Crippen LogP contribution in [0.4, 0.5) is 5.69 Å². The fourth-order valence-corrected chi connectivity index (χ4v) is 3.76. The minimum absolute atomic E-state index is 0.0393. The average molecular weight is 316 g/mol. The molecule has 0 aliphatic carbocycles. The van der Waals surface area contributed by atoms with E-state index in [9.17, 15) is 13.0 Å². The molecule has 3 rings (SSSR count). The third kappa shape index (κ3) is 2.17. The van der Waals surface area contributed by atoms with Gasteiger partial charge in [-0.3, -0.25) is 4.55 Å². The van der Waals surface area contributed by atoms with Gasteiger partial charge in [0.25, 0.3) is 10.1 Å². The van der Waals surface area contributed by atoms with E-state index in [2.05, 4.69) is 17.6 Å². The molecule has 2 aromatic carbocycles. The summed E-state index contributed by atoms with van der Waals surface area (Å²) < 4.78 is 34.9. The molecule has 0 atom stereocenters. The van der Waals surface area contributed by atoms with Crippen molar-refractivity contribution in [3.8, 4) is 0 Å². The molecule has 1 aliphatic rings. The van der Waals surface area contributed by atoms with Crippen molar-refractivity contribution in [2.24, 2.45) is 0 Å². The number of nitrogens with zero attached hydrogens (tertiary/aromatic N) is 1. The lowest BCUT2D eigenvalue weighted by Gasteiger charge is -2.04. The zero-order chi connectivity index (χ0) is 16.1. The van der Waals surface area contributed by atoms with Gasteiger partial charge < -0.3 is 0 Å². The highest BCUT2D eigenvalue weighted by Gasteiger charge is 2.32. The second kappa shape index (κ2) is 5.04. The third-order valence-corrected chi connectivity index (χ3v) is 4.77. The molecular weight excluding hydrogens is 298 g/mol. The summed E-state index contributed by atoms with van der Waals surface area (Å²) in [5.74, 6) is 0. The second-order valence-electron chi connectivity index (χ2n) is 5.64. The van der Waals surface area contributed by atoms with Gasteiger partial charge in [-0.15, -0.1) is 0 Å². The Morgan fingerprint density at radius 2 is 1.95 bits per heavy atom. The molecule has 0 bridgehead atoms. The summed E-state index contributed by atoms with van der Waals surface area (Å²) in [5, 5.41) is 1.44. The fraction of sp³-hybridized carbons (Fsp3) is 0.235. The summed E-state index contributed by atoms with van der Waals surface area (Å²) in [7, 11) is -4.24. The van der Waals surface area contributed by atoms with Gasteiger partial charge in [-0.05, 0) is 32.9 Å². The zero-order valence-electron chi connectivity index (χ0n) is 12.8. The highest BCUT2D eigenvalue weighted by atomic mass is 32.2. The van der Waals surface area contributed by atoms with Crippen LogP contribution in [0, 0.1) is 0 Å². The molecule has 1 aliphatic heterocycles. The van der Waals surface area contributed by atoms with Crippen molar-refractivity contribution in [1.29, 1.82) is 0 Å². The van der Waals surface area contributed by atoms with Gasteiger partial charge in [-0.2, -0.15) is 13.0 Å². The van der Waals surface area contributed by atoms with Crippen LogP contribution in [-0.2, 0) is 10.1 Å². The van der Waals surface area contributed by atoms with Crippen LogP contribution < -0.4 is 0 Å². The first-order chi connectivity index (χ1) is 10.3. The first-order valence-electron chi connectivity index (χ1n) is 7.17. The standard InChI is InChI=1S/C17H17NO3S/c1-4-18-14-8-9-16(22(19,20)21)13-7-5-6-12(17(13)14)15(18)10-11(2)3/h5-10H,4H2,1-3H3/p+1. The van der Waals surface area contributed by atoms with E-state index in [0.29, 0.717) is 5.39 Å². The van der Waals surface area contributed by atoms with Gasteiger partial charge >= 0.3 is 0 Å². The van der Waals surface area contributed by atoms with Crippen LogP contribution in [0.5, 0.6) is 0 Å². The van der Waals surface area contributed by atoms with Crippen LogP contribution in [-0.4, -0.2) is 29.8 Å². The van der Waals surface area contributed by atoms with E-state index in [1.54, 1.807) is 12.1 Å². The van der Waals surface area contributed by atoms with Crippen molar-refractivity contribution in [2.45, 2.75) is 25.7 Å². The Kier molecular flexibility index (Phi) is 3.42. The van der Waals surface area contributed by atoms with Crippen molar-refractivity contribution >= 4 is 32.3 Å². The predicted molar refractivity (Wildman–Crippen MR) is 87.8 cm³/mol. The number of allylic oxidation sites excluding steroid dienone is 2. The van der Waals surface area contributed by atoms with E-state index >= 15 is 0 Å². The number of hydrogen-bond acceptors (Lipinski definition) is 2. The number of hydrogen-bond donors (Lipinski definition) is 1. The maximum absolute atomic E-state index is 11.6. The first kappa shape index (κ1) is 14.9. The Morgan fingerprint density at radius 1 is 1.23 bits per heavy atom. The van der Waals surface area contributed by atoms with Gasteiger partial charge in [0.1, 0.15) is 11.4 Å². The largest absolute Gasteiger partial charge is 0.295 e. The van der Waals surface area contributed by atoms with Crippen LogP contribution in [0.15, 0.2) is 46.9 Å². The van der Waals surface area contributed by atoms with E-state index in [0.717, 1.165) is 28.9 Å². The summed E-state index contributed by atoms with van der Waals surface area (Å²) >= 11 is 0. The minimum Gasteiger partial charge on any atom is -0.282 e. The highest BCUT2D eigenvalue weighted by molar-refractivity contribution is 7.86. The summed E-state index contributed by atoms with van der Waals surface area (Å²) in [6, 6.07) is 8.80. The van der Waals surface area contributed by atoms with Crippen molar-refractivity contribution in [3.63, 3.8) is 0 Å². The molecule has 0 radical (unpaired) electrons. The maximum atomic E-state index is 11.6. The average Bonchev–Trinajstić information content (AvgIpc) is 2.73. The maximum Gasteiger partial charge on any atom is 0.295 e. The van der Waals surface area contributed by atoms with Crippen molar-refractivity contribution in [2.75, 3.05) is 6.54 Å². The molecule has 0 amide bonds. The molecule has 4 nitrogen and oxygen atoms in total. The van der Waals surface area contributed by atoms with Crippen molar-refractivity contribution < 1.29 is 17.5 Å². The smallest absolute Gasteiger partial charge is 0.282 e. The van der Waals surface area contributed by atoms with E-state index in [4.69, 9.17) is 0 Å². The van der Waals surface area contributed by atoms with Gasteiger partial charge in [0.15, 0.2) is 0 Å². The molecule has 1 N–H and O–H groups in total. The van der Waals surface area contributed by atoms with Crippen LogP contribution in [0.25, 0.3) is 10.8 Å².